The molecular weight excluding hydrogens is 345 g/mol. The molecule has 132 valence electrons. The Morgan fingerprint density at radius 1 is 1.16 bits per heavy atom. The van der Waals surface area contributed by atoms with E-state index in [0.29, 0.717) is 18.8 Å². The summed E-state index contributed by atoms with van der Waals surface area (Å²) in [5, 5.41) is 2.74. The summed E-state index contributed by atoms with van der Waals surface area (Å²) in [7, 11) is 1.64. The molecule has 1 aliphatic rings. The fourth-order valence-electron chi connectivity index (χ4n) is 2.75. The van der Waals surface area contributed by atoms with Crippen LogP contribution < -0.4 is 15.0 Å². The number of piperazine rings is 1. The van der Waals surface area contributed by atoms with Gasteiger partial charge in [-0.1, -0.05) is 17.7 Å². The summed E-state index contributed by atoms with van der Waals surface area (Å²) < 4.78 is 18.4. The van der Waals surface area contributed by atoms with Crippen LogP contribution in [0.1, 0.15) is 0 Å². The van der Waals surface area contributed by atoms with Gasteiger partial charge in [-0.05, 0) is 30.3 Å². The van der Waals surface area contributed by atoms with E-state index in [4.69, 9.17) is 16.3 Å². The van der Waals surface area contributed by atoms with Gasteiger partial charge < -0.3 is 19.9 Å². The molecule has 0 unspecified atom stereocenters. The first-order valence-electron chi connectivity index (χ1n) is 7.97. The number of hydrogen-bond acceptors (Lipinski definition) is 3. The number of nitrogens with one attached hydrogen (secondary N) is 1. The third kappa shape index (κ3) is 4.14. The summed E-state index contributed by atoms with van der Waals surface area (Å²) in [5.74, 6) is 0.303. The zero-order valence-corrected chi connectivity index (χ0v) is 14.6. The maximum absolute atomic E-state index is 13.2. The summed E-state index contributed by atoms with van der Waals surface area (Å²) in [4.78, 5) is 16.3. The van der Waals surface area contributed by atoms with E-state index in [1.807, 2.05) is 24.3 Å². The third-order valence-corrected chi connectivity index (χ3v) is 4.45. The Bertz CT molecular complexity index is 764. The Kier molecular flexibility index (Phi) is 5.28. The maximum Gasteiger partial charge on any atom is 0.321 e. The number of urea groups is 1. The lowest BCUT2D eigenvalue weighted by Gasteiger charge is -2.36. The monoisotopic (exact) mass is 363 g/mol. The molecule has 1 heterocycles. The summed E-state index contributed by atoms with van der Waals surface area (Å²) >= 11 is 5.74. The Morgan fingerprint density at radius 3 is 2.60 bits per heavy atom. The van der Waals surface area contributed by atoms with E-state index >= 15 is 0 Å². The molecule has 1 fully saturated rings. The summed E-state index contributed by atoms with van der Waals surface area (Å²) in [5.41, 5.74) is 1.55. The highest BCUT2D eigenvalue weighted by atomic mass is 35.5. The van der Waals surface area contributed by atoms with Gasteiger partial charge in [0.1, 0.15) is 11.6 Å². The molecule has 2 aromatic rings. The lowest BCUT2D eigenvalue weighted by atomic mass is 10.2. The molecule has 7 heteroatoms. The molecular formula is C18H19ClFN3O2. The predicted molar refractivity (Wildman–Crippen MR) is 97.2 cm³/mol. The third-order valence-electron chi connectivity index (χ3n) is 4.16. The molecule has 0 bridgehead atoms. The van der Waals surface area contributed by atoms with Crippen molar-refractivity contribution in [3.8, 4) is 5.75 Å². The second kappa shape index (κ2) is 7.61. The van der Waals surface area contributed by atoms with Crippen LogP contribution in [-0.4, -0.2) is 44.2 Å². The minimum Gasteiger partial charge on any atom is -0.497 e. The highest BCUT2D eigenvalue weighted by Crippen LogP contribution is 2.23. The number of nitrogens with zero attached hydrogens (tertiary/aromatic N) is 2. The van der Waals surface area contributed by atoms with Gasteiger partial charge in [0.25, 0.3) is 0 Å². The Morgan fingerprint density at radius 2 is 1.92 bits per heavy atom. The van der Waals surface area contributed by atoms with Crippen molar-refractivity contribution in [1.82, 2.24) is 4.90 Å². The maximum atomic E-state index is 13.2. The zero-order valence-electron chi connectivity index (χ0n) is 13.8. The predicted octanol–water partition coefficient (Wildman–Crippen LogP) is 3.84. The Labute approximate surface area is 150 Å². The number of hydrogen-bond donors (Lipinski definition) is 1. The first-order valence-corrected chi connectivity index (χ1v) is 8.34. The number of amides is 2. The SMILES string of the molecule is COc1cccc(N2CCN(C(=O)Nc3ccc(F)c(Cl)c3)CC2)c1. The minimum absolute atomic E-state index is 0.0133. The van der Waals surface area contributed by atoms with E-state index in [2.05, 4.69) is 10.2 Å². The van der Waals surface area contributed by atoms with Gasteiger partial charge >= 0.3 is 6.03 Å². The molecule has 1 aliphatic heterocycles. The van der Waals surface area contributed by atoms with Gasteiger partial charge in [-0.2, -0.15) is 0 Å². The normalized spacial score (nSPS) is 14.4. The van der Waals surface area contributed by atoms with Crippen LogP contribution in [0.5, 0.6) is 5.75 Å². The van der Waals surface area contributed by atoms with Crippen LogP contribution in [0.3, 0.4) is 0 Å². The molecule has 25 heavy (non-hydrogen) atoms. The fraction of sp³-hybridized carbons (Fsp3) is 0.278. The van der Waals surface area contributed by atoms with Gasteiger partial charge in [-0.3, -0.25) is 0 Å². The molecule has 0 aliphatic carbocycles. The van der Waals surface area contributed by atoms with Crippen molar-refractivity contribution in [1.29, 1.82) is 0 Å². The average molecular weight is 364 g/mol. The van der Waals surface area contributed by atoms with Crippen LogP contribution in [0.15, 0.2) is 42.5 Å². The number of rotatable bonds is 3. The van der Waals surface area contributed by atoms with Crippen LogP contribution in [-0.2, 0) is 0 Å². The highest BCUT2D eigenvalue weighted by molar-refractivity contribution is 6.31. The first kappa shape index (κ1) is 17.4. The Balaban J connectivity index is 1.57. The molecule has 0 saturated carbocycles. The lowest BCUT2D eigenvalue weighted by molar-refractivity contribution is 0.208. The topological polar surface area (TPSA) is 44.8 Å². The van der Waals surface area contributed by atoms with Gasteiger partial charge in [-0.25, -0.2) is 9.18 Å². The zero-order chi connectivity index (χ0) is 17.8. The second-order valence-corrected chi connectivity index (χ2v) is 6.14. The van der Waals surface area contributed by atoms with Crippen molar-refractivity contribution < 1.29 is 13.9 Å². The number of halogens is 2. The summed E-state index contributed by atoms with van der Waals surface area (Å²) in [6.07, 6.45) is 0. The highest BCUT2D eigenvalue weighted by Gasteiger charge is 2.21. The standard InChI is InChI=1S/C18H19ClFN3O2/c1-25-15-4-2-3-14(12-15)22-7-9-23(10-8-22)18(24)21-13-5-6-17(20)16(19)11-13/h2-6,11-12H,7-10H2,1H3,(H,21,24). The van der Waals surface area contributed by atoms with Gasteiger partial charge in [0.2, 0.25) is 0 Å². The molecule has 1 N–H and O–H groups in total. The number of carbonyl (C=O) groups is 1. The van der Waals surface area contributed by atoms with Crippen LogP contribution >= 0.6 is 11.6 Å². The minimum atomic E-state index is -0.508. The Hall–Kier alpha value is -2.47. The molecule has 0 spiro atoms. The van der Waals surface area contributed by atoms with E-state index in [-0.39, 0.29) is 11.1 Å². The second-order valence-electron chi connectivity index (χ2n) is 5.73. The largest absolute Gasteiger partial charge is 0.497 e. The first-order chi connectivity index (χ1) is 12.1. The van der Waals surface area contributed by atoms with Crippen molar-refractivity contribution in [3.05, 3.63) is 53.3 Å². The number of benzene rings is 2. The van der Waals surface area contributed by atoms with Gasteiger partial charge in [0, 0.05) is 43.6 Å². The van der Waals surface area contributed by atoms with Crippen LogP contribution in [0.4, 0.5) is 20.6 Å². The van der Waals surface area contributed by atoms with Gasteiger partial charge in [0.15, 0.2) is 0 Å². The number of methoxy groups -OCH3 is 1. The average Bonchev–Trinajstić information content (AvgIpc) is 2.65. The van der Waals surface area contributed by atoms with Crippen LogP contribution in [0, 0.1) is 5.82 Å². The van der Waals surface area contributed by atoms with Crippen molar-refractivity contribution >= 4 is 29.0 Å². The smallest absolute Gasteiger partial charge is 0.321 e. The van der Waals surface area contributed by atoms with E-state index in [1.165, 1.54) is 18.2 Å². The van der Waals surface area contributed by atoms with E-state index in [0.717, 1.165) is 24.5 Å². The molecule has 0 radical (unpaired) electrons. The van der Waals surface area contributed by atoms with E-state index in [1.54, 1.807) is 12.0 Å². The molecule has 0 aromatic heterocycles. The fourth-order valence-corrected chi connectivity index (χ4v) is 2.93. The van der Waals surface area contributed by atoms with Crippen LogP contribution in [0.2, 0.25) is 5.02 Å². The van der Waals surface area contributed by atoms with Gasteiger partial charge in [-0.15, -0.1) is 0 Å². The van der Waals surface area contributed by atoms with E-state index < -0.39 is 5.82 Å². The molecule has 2 aromatic carbocycles. The van der Waals surface area contributed by atoms with Crippen molar-refractivity contribution in [2.45, 2.75) is 0 Å². The molecule has 2 amide bonds. The number of ether oxygens (including phenoxy) is 1. The molecule has 0 atom stereocenters. The molecule has 5 nitrogen and oxygen atoms in total. The van der Waals surface area contributed by atoms with Crippen molar-refractivity contribution in [2.24, 2.45) is 0 Å². The molecule has 3 rings (SSSR count). The van der Waals surface area contributed by atoms with Gasteiger partial charge in [0.05, 0.1) is 12.1 Å². The quantitative estimate of drug-likeness (QED) is 0.901. The number of anilines is 2. The summed E-state index contributed by atoms with van der Waals surface area (Å²) in [6.45, 7) is 2.64. The van der Waals surface area contributed by atoms with Crippen LogP contribution in [0.25, 0.3) is 0 Å². The summed E-state index contributed by atoms with van der Waals surface area (Å²) in [6, 6.07) is 11.8. The number of carbonyl (C=O) groups excluding carboxylic acids is 1. The lowest BCUT2D eigenvalue weighted by Crippen LogP contribution is -2.50. The molecule has 1 saturated heterocycles. The van der Waals surface area contributed by atoms with E-state index in [9.17, 15) is 9.18 Å². The van der Waals surface area contributed by atoms with Crippen molar-refractivity contribution in [2.75, 3.05) is 43.5 Å². The van der Waals surface area contributed by atoms with Crippen molar-refractivity contribution in [3.63, 3.8) is 0 Å².